The van der Waals surface area contributed by atoms with Gasteiger partial charge in [0.15, 0.2) is 0 Å². The zero-order valence-electron chi connectivity index (χ0n) is 4.94. The van der Waals surface area contributed by atoms with Crippen LogP contribution in [0.15, 0.2) is 0 Å². The Hall–Kier alpha value is 0.290. The van der Waals surface area contributed by atoms with E-state index in [0.29, 0.717) is 0 Å². The number of hydrogen-bond donors (Lipinski definition) is 0. The third-order valence-electron chi connectivity index (χ3n) is 2.56. The Labute approximate surface area is 55.2 Å². The van der Waals surface area contributed by atoms with Crippen molar-refractivity contribution in [2.75, 3.05) is 5.88 Å². The second-order valence-electron chi connectivity index (χ2n) is 3.25. The van der Waals surface area contributed by atoms with Crippen molar-refractivity contribution in [1.82, 2.24) is 0 Å². The molecule has 0 heterocycles. The van der Waals surface area contributed by atoms with E-state index in [1.165, 1.54) is 19.3 Å². The largest absolute Gasteiger partial charge is 0.126 e. The fraction of sp³-hybridized carbons (Fsp3) is 1.00. The third-order valence-corrected chi connectivity index (χ3v) is 3.00. The summed E-state index contributed by atoms with van der Waals surface area (Å²) in [7, 11) is 0. The van der Waals surface area contributed by atoms with Gasteiger partial charge in [0.2, 0.25) is 0 Å². The Bertz CT molecular complexity index is 90.6. The van der Waals surface area contributed by atoms with E-state index < -0.39 is 0 Å². The van der Waals surface area contributed by atoms with E-state index in [1.54, 1.807) is 0 Å². The summed E-state index contributed by atoms with van der Waals surface area (Å²) in [5, 5.41) is 0. The third kappa shape index (κ3) is 0.663. The van der Waals surface area contributed by atoms with Gasteiger partial charge in [-0.2, -0.15) is 0 Å². The van der Waals surface area contributed by atoms with E-state index in [-0.39, 0.29) is 0 Å². The van der Waals surface area contributed by atoms with Crippen molar-refractivity contribution in [3.63, 3.8) is 0 Å². The highest BCUT2D eigenvalue weighted by Gasteiger charge is 2.45. The van der Waals surface area contributed by atoms with Gasteiger partial charge in [0.05, 0.1) is 0 Å². The van der Waals surface area contributed by atoms with Gasteiger partial charge in [0.25, 0.3) is 0 Å². The van der Waals surface area contributed by atoms with Crippen LogP contribution in [0.4, 0.5) is 0 Å². The summed E-state index contributed by atoms with van der Waals surface area (Å²) in [6, 6.07) is 0. The molecule has 2 saturated carbocycles. The van der Waals surface area contributed by atoms with Crippen LogP contribution in [0.2, 0.25) is 0 Å². The van der Waals surface area contributed by atoms with Crippen LogP contribution >= 0.6 is 11.6 Å². The van der Waals surface area contributed by atoms with Gasteiger partial charge >= 0.3 is 0 Å². The molecule has 8 heavy (non-hydrogen) atoms. The number of rotatable bonds is 1. The lowest BCUT2D eigenvalue weighted by Gasteiger charge is -2.03. The minimum absolute atomic E-state index is 0.889. The van der Waals surface area contributed by atoms with E-state index >= 15 is 0 Å². The first-order valence-corrected chi connectivity index (χ1v) is 3.99. The van der Waals surface area contributed by atoms with Gasteiger partial charge in [-0.25, -0.2) is 0 Å². The summed E-state index contributed by atoms with van der Waals surface area (Å²) in [4.78, 5) is 0. The van der Waals surface area contributed by atoms with Crippen LogP contribution in [0.25, 0.3) is 0 Å². The first kappa shape index (κ1) is 5.10. The summed E-state index contributed by atoms with van der Waals surface area (Å²) in [5.41, 5.74) is 0. The maximum atomic E-state index is 5.69. The summed E-state index contributed by atoms with van der Waals surface area (Å²) in [6.45, 7) is 0. The maximum absolute atomic E-state index is 5.69. The maximum Gasteiger partial charge on any atom is 0.0251 e. The average molecular weight is 131 g/mol. The van der Waals surface area contributed by atoms with Crippen LogP contribution in [0.5, 0.6) is 0 Å². The van der Waals surface area contributed by atoms with E-state index in [2.05, 4.69) is 0 Å². The van der Waals surface area contributed by atoms with Crippen LogP contribution < -0.4 is 0 Å². The summed E-state index contributed by atoms with van der Waals surface area (Å²) in [5.74, 6) is 4.02. The van der Waals surface area contributed by atoms with Gasteiger partial charge in [0, 0.05) is 5.88 Å². The molecular formula is C7H11Cl. The standard InChI is InChI=1S/C7H11Cl/c8-4-5-1-6-3-7(6)2-5/h5-7H,1-4H2. The van der Waals surface area contributed by atoms with E-state index in [0.717, 1.165) is 23.6 Å². The van der Waals surface area contributed by atoms with Gasteiger partial charge in [-0.05, 0) is 37.0 Å². The highest BCUT2D eigenvalue weighted by Crippen LogP contribution is 2.54. The summed E-state index contributed by atoms with van der Waals surface area (Å²) < 4.78 is 0. The minimum atomic E-state index is 0.889. The van der Waals surface area contributed by atoms with Crippen LogP contribution in [-0.2, 0) is 0 Å². The Morgan fingerprint density at radius 3 is 2.12 bits per heavy atom. The second kappa shape index (κ2) is 1.63. The van der Waals surface area contributed by atoms with Crippen LogP contribution in [0, 0.1) is 17.8 Å². The zero-order valence-corrected chi connectivity index (χ0v) is 5.69. The SMILES string of the molecule is ClCC1CC2CC2C1. The topological polar surface area (TPSA) is 0 Å². The first-order valence-electron chi connectivity index (χ1n) is 3.46. The van der Waals surface area contributed by atoms with Gasteiger partial charge in [0.1, 0.15) is 0 Å². The lowest BCUT2D eigenvalue weighted by molar-refractivity contribution is 0.541. The molecule has 0 nitrogen and oxygen atoms in total. The molecule has 0 aromatic rings. The van der Waals surface area contributed by atoms with Crippen molar-refractivity contribution in [1.29, 1.82) is 0 Å². The number of hydrogen-bond acceptors (Lipinski definition) is 0. The number of halogens is 1. The van der Waals surface area contributed by atoms with Crippen LogP contribution in [-0.4, -0.2) is 5.88 Å². The van der Waals surface area contributed by atoms with Crippen LogP contribution in [0.1, 0.15) is 19.3 Å². The molecule has 2 rings (SSSR count). The smallest absolute Gasteiger partial charge is 0.0251 e. The van der Waals surface area contributed by atoms with Crippen molar-refractivity contribution >= 4 is 11.6 Å². The highest BCUT2D eigenvalue weighted by atomic mass is 35.5. The predicted molar refractivity (Wildman–Crippen MR) is 35.0 cm³/mol. The normalized spacial score (nSPS) is 51.4. The van der Waals surface area contributed by atoms with Gasteiger partial charge in [-0.1, -0.05) is 0 Å². The molecule has 0 aliphatic heterocycles. The Morgan fingerprint density at radius 2 is 1.75 bits per heavy atom. The molecule has 1 heteroatoms. The Balaban J connectivity index is 1.89. The molecule has 0 bridgehead atoms. The molecule has 0 amide bonds. The average Bonchev–Trinajstić information content (AvgIpc) is 2.40. The quantitative estimate of drug-likeness (QED) is 0.478. The van der Waals surface area contributed by atoms with Crippen molar-refractivity contribution in [2.45, 2.75) is 19.3 Å². The molecule has 0 saturated heterocycles. The molecule has 0 radical (unpaired) electrons. The predicted octanol–water partition coefficient (Wildman–Crippen LogP) is 2.27. The van der Waals surface area contributed by atoms with Crippen molar-refractivity contribution in [3.05, 3.63) is 0 Å². The first-order chi connectivity index (χ1) is 3.90. The van der Waals surface area contributed by atoms with Gasteiger partial charge in [-0.3, -0.25) is 0 Å². The second-order valence-corrected chi connectivity index (χ2v) is 3.56. The molecule has 2 unspecified atom stereocenters. The molecule has 46 valence electrons. The lowest BCUT2D eigenvalue weighted by Crippen LogP contribution is -1.96. The lowest BCUT2D eigenvalue weighted by atomic mass is 10.1. The Kier molecular flexibility index (Phi) is 1.04. The molecule has 2 aliphatic rings. The molecular weight excluding hydrogens is 120 g/mol. The molecule has 0 N–H and O–H groups in total. The van der Waals surface area contributed by atoms with Gasteiger partial charge < -0.3 is 0 Å². The zero-order chi connectivity index (χ0) is 5.56. The van der Waals surface area contributed by atoms with E-state index in [4.69, 9.17) is 11.6 Å². The van der Waals surface area contributed by atoms with Crippen LogP contribution in [0.3, 0.4) is 0 Å². The molecule has 2 atom stereocenters. The number of alkyl halides is 1. The molecule has 2 fully saturated rings. The fourth-order valence-corrected chi connectivity index (χ4v) is 2.22. The van der Waals surface area contributed by atoms with Crippen molar-refractivity contribution in [2.24, 2.45) is 17.8 Å². The molecule has 0 aromatic heterocycles. The van der Waals surface area contributed by atoms with Crippen molar-refractivity contribution in [3.8, 4) is 0 Å². The fourth-order valence-electron chi connectivity index (χ4n) is 1.97. The van der Waals surface area contributed by atoms with Crippen molar-refractivity contribution < 1.29 is 0 Å². The van der Waals surface area contributed by atoms with E-state index in [9.17, 15) is 0 Å². The monoisotopic (exact) mass is 130 g/mol. The summed E-state index contributed by atoms with van der Waals surface area (Å²) >= 11 is 5.69. The molecule has 2 aliphatic carbocycles. The molecule has 0 aromatic carbocycles. The number of fused-ring (bicyclic) bond motifs is 1. The van der Waals surface area contributed by atoms with Gasteiger partial charge in [-0.15, -0.1) is 11.6 Å². The summed E-state index contributed by atoms with van der Waals surface area (Å²) in [6.07, 6.45) is 4.40. The highest BCUT2D eigenvalue weighted by molar-refractivity contribution is 6.18. The minimum Gasteiger partial charge on any atom is -0.126 e. The van der Waals surface area contributed by atoms with E-state index in [1.807, 2.05) is 0 Å². The Morgan fingerprint density at radius 1 is 1.12 bits per heavy atom. The molecule has 0 spiro atoms.